The molecule has 2 fully saturated rings. The summed E-state index contributed by atoms with van der Waals surface area (Å²) in [7, 11) is 0. The summed E-state index contributed by atoms with van der Waals surface area (Å²) in [6, 6.07) is 7.29. The van der Waals surface area contributed by atoms with E-state index >= 15 is 0 Å². The molecule has 3 heterocycles. The number of alkyl halides is 3. The minimum Gasteiger partial charge on any atom is -0.444 e. The number of halogens is 4. The molecule has 17 heteroatoms. The van der Waals surface area contributed by atoms with E-state index in [-0.39, 0.29) is 51.0 Å². The zero-order valence-electron chi connectivity index (χ0n) is 32.6. The van der Waals surface area contributed by atoms with Crippen LogP contribution in [0.1, 0.15) is 94.1 Å². The molecule has 1 aliphatic carbocycles. The van der Waals surface area contributed by atoms with Crippen LogP contribution in [-0.4, -0.2) is 86.9 Å². The van der Waals surface area contributed by atoms with Gasteiger partial charge in [-0.2, -0.15) is 13.2 Å². The van der Waals surface area contributed by atoms with Gasteiger partial charge in [-0.05, 0) is 69.2 Å². The molecule has 4 aliphatic rings. The van der Waals surface area contributed by atoms with Crippen LogP contribution in [0.4, 0.5) is 27.2 Å². The van der Waals surface area contributed by atoms with E-state index in [0.29, 0.717) is 30.4 Å². The number of amides is 5. The van der Waals surface area contributed by atoms with Crippen LogP contribution in [0.25, 0.3) is 0 Å². The van der Waals surface area contributed by atoms with E-state index in [0.717, 1.165) is 18.6 Å². The summed E-state index contributed by atoms with van der Waals surface area (Å²) in [4.78, 5) is 71.6. The molecule has 6 rings (SSSR count). The van der Waals surface area contributed by atoms with Gasteiger partial charge >= 0.3 is 18.4 Å². The summed E-state index contributed by atoms with van der Waals surface area (Å²) in [6.45, 7) is 4.69. The molecule has 1 unspecified atom stereocenters. The summed E-state index contributed by atoms with van der Waals surface area (Å²) in [5.41, 5.74) is -1.45. The van der Waals surface area contributed by atoms with E-state index in [1.807, 2.05) is 12.2 Å². The summed E-state index contributed by atoms with van der Waals surface area (Å²) in [5.74, 6) is -2.83. The first-order valence-electron chi connectivity index (χ1n) is 19.5. The lowest BCUT2D eigenvalue weighted by molar-refractivity contribution is -0.206. The van der Waals surface area contributed by atoms with Crippen LogP contribution in [-0.2, 0) is 43.5 Å². The maximum atomic E-state index is 14.5. The Morgan fingerprint density at radius 3 is 2.53 bits per heavy atom. The Balaban J connectivity index is 1.23. The molecule has 0 spiro atoms. The number of carbonyl (C=O) groups is 5. The maximum Gasteiger partial charge on any atom is 0.418 e. The average molecular weight is 816 g/mol. The Labute approximate surface area is 333 Å². The highest BCUT2D eigenvalue weighted by Crippen LogP contribution is 2.46. The quantitative estimate of drug-likeness (QED) is 0.221. The number of aliphatic hydroxyl groups excluding tert-OH is 1. The van der Waals surface area contributed by atoms with Crippen molar-refractivity contribution in [2.75, 3.05) is 6.54 Å². The van der Waals surface area contributed by atoms with E-state index in [2.05, 4.69) is 16.0 Å². The van der Waals surface area contributed by atoms with Crippen LogP contribution >= 0.6 is 0 Å². The number of hydrogen-bond donors (Lipinski definition) is 4. The second kappa shape index (κ2) is 17.0. The van der Waals surface area contributed by atoms with Gasteiger partial charge in [0.1, 0.15) is 35.1 Å². The molecule has 0 bridgehead atoms. The molecule has 3 aliphatic heterocycles. The molecule has 2 aromatic rings. The Morgan fingerprint density at radius 1 is 1.05 bits per heavy atom. The number of benzene rings is 2. The number of ether oxygens (including phenoxy) is 2. The second-order valence-corrected chi connectivity index (χ2v) is 16.4. The van der Waals surface area contributed by atoms with Crippen LogP contribution in [0.15, 0.2) is 54.6 Å². The standard InChI is InChI=1S/C41H49F4N5O8/c1-39(2,3)58-37(55)47-31-16-8-6-4-5-7-14-27-19-40(27,36(54)46-20-24-11-9-12-25(17-24)33(51)41(43,44)45)48-34(52)32-18-28(22-50(32)35(31)53)57-38(56)49-21-26-13-10-15-30(42)29(26)23-49/h7,9-15,17,27-28,31-33,51H,4-6,8,16,18-23H2,1-3H3,(H,46,54)(H,47,55)(H,48,52)/b14-7-/t27-,28-,31+,32+,33?,40-/m1/s1. The van der Waals surface area contributed by atoms with Crippen molar-refractivity contribution in [2.24, 2.45) is 5.92 Å². The van der Waals surface area contributed by atoms with Gasteiger partial charge in [-0.1, -0.05) is 61.4 Å². The van der Waals surface area contributed by atoms with Crippen molar-refractivity contribution in [2.45, 2.75) is 127 Å². The van der Waals surface area contributed by atoms with E-state index in [9.17, 15) is 46.6 Å². The lowest BCUT2D eigenvalue weighted by Crippen LogP contribution is -2.57. The van der Waals surface area contributed by atoms with Gasteiger partial charge < -0.3 is 35.4 Å². The highest BCUT2D eigenvalue weighted by Gasteiger charge is 2.61. The van der Waals surface area contributed by atoms with Gasteiger partial charge in [-0.25, -0.2) is 14.0 Å². The lowest BCUT2D eigenvalue weighted by Gasteiger charge is -2.30. The molecule has 13 nitrogen and oxygen atoms in total. The molecule has 314 valence electrons. The Kier molecular flexibility index (Phi) is 12.4. The monoisotopic (exact) mass is 815 g/mol. The molecule has 6 atom stereocenters. The van der Waals surface area contributed by atoms with E-state index in [1.54, 1.807) is 32.9 Å². The van der Waals surface area contributed by atoms with E-state index in [1.165, 1.54) is 28.0 Å². The minimum atomic E-state index is -4.89. The van der Waals surface area contributed by atoms with Gasteiger partial charge in [0.25, 0.3) is 0 Å². The number of allylic oxidation sites excluding steroid dienone is 1. The largest absolute Gasteiger partial charge is 0.444 e. The summed E-state index contributed by atoms with van der Waals surface area (Å²) >= 11 is 0. The van der Waals surface area contributed by atoms with Crippen molar-refractivity contribution >= 4 is 29.9 Å². The number of carbonyl (C=O) groups excluding carboxylic acids is 5. The van der Waals surface area contributed by atoms with Crippen LogP contribution in [0.3, 0.4) is 0 Å². The fraction of sp³-hybridized carbons (Fsp3) is 0.537. The molecular formula is C41H49F4N5O8. The van der Waals surface area contributed by atoms with Crippen molar-refractivity contribution in [3.63, 3.8) is 0 Å². The predicted octanol–water partition coefficient (Wildman–Crippen LogP) is 5.45. The van der Waals surface area contributed by atoms with Crippen LogP contribution in [0.5, 0.6) is 0 Å². The first-order chi connectivity index (χ1) is 27.3. The molecule has 4 N–H and O–H groups in total. The molecule has 1 saturated heterocycles. The lowest BCUT2D eigenvalue weighted by atomic mass is 10.0. The zero-order chi connectivity index (χ0) is 42.0. The highest BCUT2D eigenvalue weighted by atomic mass is 19.4. The van der Waals surface area contributed by atoms with Crippen molar-refractivity contribution in [1.29, 1.82) is 0 Å². The normalized spacial score (nSPS) is 26.1. The number of rotatable bonds is 6. The molecule has 2 aromatic carbocycles. The summed E-state index contributed by atoms with van der Waals surface area (Å²) < 4.78 is 65.3. The number of fused-ring (bicyclic) bond motifs is 3. The zero-order valence-corrected chi connectivity index (χ0v) is 32.6. The second-order valence-electron chi connectivity index (χ2n) is 16.4. The number of nitrogens with one attached hydrogen (secondary N) is 3. The fourth-order valence-electron chi connectivity index (χ4n) is 7.74. The van der Waals surface area contributed by atoms with Gasteiger partial charge in [0.15, 0.2) is 6.10 Å². The van der Waals surface area contributed by atoms with Crippen molar-refractivity contribution in [1.82, 2.24) is 25.8 Å². The third-order valence-corrected chi connectivity index (χ3v) is 10.8. The van der Waals surface area contributed by atoms with Crippen molar-refractivity contribution < 1.29 is 56.1 Å². The predicted molar refractivity (Wildman–Crippen MR) is 200 cm³/mol. The number of hydrogen-bond acceptors (Lipinski definition) is 8. The molecular weight excluding hydrogens is 766 g/mol. The van der Waals surface area contributed by atoms with Crippen molar-refractivity contribution in [3.05, 3.63) is 82.7 Å². The van der Waals surface area contributed by atoms with Crippen molar-refractivity contribution in [3.8, 4) is 0 Å². The van der Waals surface area contributed by atoms with Gasteiger partial charge in [-0.15, -0.1) is 0 Å². The fourth-order valence-corrected chi connectivity index (χ4v) is 7.74. The molecule has 0 radical (unpaired) electrons. The minimum absolute atomic E-state index is 0.0260. The van der Waals surface area contributed by atoms with Crippen LogP contribution in [0.2, 0.25) is 0 Å². The smallest absolute Gasteiger partial charge is 0.418 e. The van der Waals surface area contributed by atoms with Gasteiger partial charge in [0.05, 0.1) is 13.1 Å². The number of aliphatic hydroxyl groups is 1. The maximum absolute atomic E-state index is 14.5. The first-order valence-corrected chi connectivity index (χ1v) is 19.5. The van der Waals surface area contributed by atoms with Crippen LogP contribution < -0.4 is 16.0 Å². The topological polar surface area (TPSA) is 167 Å². The SMILES string of the molecule is CC(C)(C)OC(=O)N[C@H]1CCCCC/C=C\[C@@H]2C[C@@]2(C(=O)NCc2cccc(C(O)C(F)(F)F)c2)NC(=O)[C@@H]2C[C@@H](OC(=O)N3Cc4cccc(F)c4C3)CN2C1=O. The summed E-state index contributed by atoms with van der Waals surface area (Å²) in [6.07, 6.45) is -3.53. The Hall–Kier alpha value is -5.19. The molecule has 58 heavy (non-hydrogen) atoms. The molecule has 1 saturated carbocycles. The average Bonchev–Trinajstić information content (AvgIpc) is 3.44. The molecule has 0 aromatic heterocycles. The van der Waals surface area contributed by atoms with E-state index in [4.69, 9.17) is 9.47 Å². The van der Waals surface area contributed by atoms with Crippen LogP contribution in [0, 0.1) is 11.7 Å². The Morgan fingerprint density at radius 2 is 1.81 bits per heavy atom. The molecule has 5 amide bonds. The highest BCUT2D eigenvalue weighted by molar-refractivity contribution is 5.98. The van der Waals surface area contributed by atoms with Gasteiger partial charge in [0.2, 0.25) is 17.7 Å². The van der Waals surface area contributed by atoms with Gasteiger partial charge in [-0.3, -0.25) is 19.3 Å². The number of alkyl carbamates (subject to hydrolysis) is 1. The Bertz CT molecular complexity index is 1940. The third kappa shape index (κ3) is 9.91. The first kappa shape index (κ1) is 42.4. The van der Waals surface area contributed by atoms with Gasteiger partial charge in [0, 0.05) is 31.0 Å². The number of nitrogens with zero attached hydrogens (tertiary/aromatic N) is 2. The van der Waals surface area contributed by atoms with E-state index < -0.39 is 88.8 Å². The summed E-state index contributed by atoms with van der Waals surface area (Å²) in [5, 5.41) is 18.0. The third-order valence-electron chi connectivity index (χ3n) is 10.8.